The summed E-state index contributed by atoms with van der Waals surface area (Å²) in [5.74, 6) is 2.79. The van der Waals surface area contributed by atoms with Crippen LogP contribution in [-0.4, -0.2) is 37.6 Å². The van der Waals surface area contributed by atoms with Crippen molar-refractivity contribution in [2.75, 3.05) is 12.3 Å². The van der Waals surface area contributed by atoms with E-state index in [0.717, 1.165) is 37.1 Å². The van der Waals surface area contributed by atoms with Gasteiger partial charge in [0, 0.05) is 19.0 Å². The van der Waals surface area contributed by atoms with Gasteiger partial charge >= 0.3 is 0 Å². The molecule has 0 radical (unpaired) electrons. The van der Waals surface area contributed by atoms with E-state index in [9.17, 15) is 13.2 Å². The largest absolute Gasteiger partial charge is 0.339 e. The molecule has 5 aliphatic rings. The monoisotopic (exact) mass is 401 g/mol. The van der Waals surface area contributed by atoms with E-state index in [4.69, 9.17) is 0 Å². The summed E-state index contributed by atoms with van der Waals surface area (Å²) in [4.78, 5) is 15.6. The van der Waals surface area contributed by atoms with Gasteiger partial charge in [0.2, 0.25) is 5.91 Å². The summed E-state index contributed by atoms with van der Waals surface area (Å²) in [6.45, 7) is 0.722. The fraction of sp³-hybridized carbons (Fsp3) is 0.696. The van der Waals surface area contributed by atoms with Crippen LogP contribution in [0.3, 0.4) is 0 Å². The van der Waals surface area contributed by atoms with Gasteiger partial charge in [0.25, 0.3) is 0 Å². The molecule has 1 amide bonds. The number of amides is 1. The van der Waals surface area contributed by atoms with Crippen molar-refractivity contribution < 1.29 is 13.2 Å². The number of hydrogen-bond acceptors (Lipinski definition) is 3. The van der Waals surface area contributed by atoms with E-state index in [0.29, 0.717) is 11.3 Å². The fourth-order valence-electron chi connectivity index (χ4n) is 7.24. The number of carbonyl (C=O) groups excluding carboxylic acids is 1. The first-order chi connectivity index (χ1) is 13.4. The van der Waals surface area contributed by atoms with Gasteiger partial charge in [-0.05, 0) is 86.7 Å². The van der Waals surface area contributed by atoms with Gasteiger partial charge in [-0.1, -0.05) is 18.2 Å². The third-order valence-electron chi connectivity index (χ3n) is 7.90. The minimum Gasteiger partial charge on any atom is -0.339 e. The SMILES string of the molecule is O=C(CC12CC3CC(CC(C3)C1)C2)N1CCCC1CS(=O)(=O)c1ccccc1. The van der Waals surface area contributed by atoms with Crippen LogP contribution in [0, 0.1) is 23.2 Å². The molecule has 4 saturated carbocycles. The fourth-order valence-corrected chi connectivity index (χ4v) is 8.86. The van der Waals surface area contributed by atoms with Crippen LogP contribution in [0.1, 0.15) is 57.8 Å². The van der Waals surface area contributed by atoms with Crippen LogP contribution in [0.15, 0.2) is 35.2 Å². The van der Waals surface area contributed by atoms with Crippen LogP contribution in [0.2, 0.25) is 0 Å². The highest BCUT2D eigenvalue weighted by molar-refractivity contribution is 7.91. The molecule has 6 rings (SSSR count). The smallest absolute Gasteiger partial charge is 0.223 e. The molecular weight excluding hydrogens is 370 g/mol. The standard InChI is InChI=1S/C23H31NO3S/c25-22(15-23-12-17-9-18(13-23)11-19(10-17)14-23)24-8-4-5-20(24)16-28(26,27)21-6-2-1-3-7-21/h1-3,6-7,17-20H,4-5,8-16H2. The topological polar surface area (TPSA) is 54.5 Å². The molecule has 1 aromatic rings. The summed E-state index contributed by atoms with van der Waals surface area (Å²) in [6.07, 6.45) is 10.2. The Labute approximate surface area is 168 Å². The zero-order chi connectivity index (χ0) is 19.4. The summed E-state index contributed by atoms with van der Waals surface area (Å²) < 4.78 is 25.7. The van der Waals surface area contributed by atoms with Gasteiger partial charge in [-0.25, -0.2) is 8.42 Å². The molecule has 4 nitrogen and oxygen atoms in total. The first-order valence-electron chi connectivity index (χ1n) is 11.0. The van der Waals surface area contributed by atoms with Gasteiger partial charge in [0.15, 0.2) is 9.84 Å². The van der Waals surface area contributed by atoms with Gasteiger partial charge in [0.05, 0.1) is 10.6 Å². The Bertz CT molecular complexity index is 813. The number of benzene rings is 1. The molecule has 5 fully saturated rings. The molecule has 1 aromatic carbocycles. The molecule has 152 valence electrons. The van der Waals surface area contributed by atoms with Crippen molar-refractivity contribution in [2.24, 2.45) is 23.2 Å². The van der Waals surface area contributed by atoms with E-state index in [1.807, 2.05) is 11.0 Å². The second kappa shape index (κ2) is 6.86. The molecule has 1 heterocycles. The number of nitrogens with zero attached hydrogens (tertiary/aromatic N) is 1. The second-order valence-corrected chi connectivity index (χ2v) is 12.1. The lowest BCUT2D eigenvalue weighted by atomic mass is 9.49. The number of hydrogen-bond donors (Lipinski definition) is 0. The van der Waals surface area contributed by atoms with Crippen LogP contribution < -0.4 is 0 Å². The third kappa shape index (κ3) is 3.40. The molecule has 1 aliphatic heterocycles. The Hall–Kier alpha value is -1.36. The lowest BCUT2D eigenvalue weighted by Gasteiger charge is -2.57. The quantitative estimate of drug-likeness (QED) is 0.748. The van der Waals surface area contributed by atoms with Crippen LogP contribution in [0.25, 0.3) is 0 Å². The highest BCUT2D eigenvalue weighted by atomic mass is 32.2. The normalized spacial score (nSPS) is 36.8. The van der Waals surface area contributed by atoms with Gasteiger partial charge in [-0.15, -0.1) is 0 Å². The highest BCUT2D eigenvalue weighted by Gasteiger charge is 2.52. The van der Waals surface area contributed by atoms with Crippen molar-refractivity contribution in [3.63, 3.8) is 0 Å². The highest BCUT2D eigenvalue weighted by Crippen LogP contribution is 2.61. The van der Waals surface area contributed by atoms with E-state index in [-0.39, 0.29) is 23.1 Å². The van der Waals surface area contributed by atoms with E-state index in [2.05, 4.69) is 0 Å². The molecule has 4 bridgehead atoms. The zero-order valence-electron chi connectivity index (χ0n) is 16.6. The molecule has 4 aliphatic carbocycles. The minimum absolute atomic E-state index is 0.0592. The average Bonchev–Trinajstić information content (AvgIpc) is 3.08. The summed E-state index contributed by atoms with van der Waals surface area (Å²) in [7, 11) is -3.36. The van der Waals surface area contributed by atoms with Crippen LogP contribution in [0.5, 0.6) is 0 Å². The van der Waals surface area contributed by atoms with Crippen molar-refractivity contribution in [1.29, 1.82) is 0 Å². The molecule has 0 spiro atoms. The van der Waals surface area contributed by atoms with Crippen molar-refractivity contribution in [3.05, 3.63) is 30.3 Å². The number of likely N-dealkylation sites (tertiary alicyclic amines) is 1. The Morgan fingerprint density at radius 3 is 2.21 bits per heavy atom. The van der Waals surface area contributed by atoms with Crippen molar-refractivity contribution in [3.8, 4) is 0 Å². The van der Waals surface area contributed by atoms with Gasteiger partial charge in [-0.2, -0.15) is 0 Å². The maximum atomic E-state index is 13.3. The lowest BCUT2D eigenvalue weighted by molar-refractivity contribution is -0.140. The minimum atomic E-state index is -3.36. The molecule has 1 saturated heterocycles. The second-order valence-electron chi connectivity index (χ2n) is 10.1. The van der Waals surface area contributed by atoms with E-state index in [1.165, 1.54) is 38.5 Å². The predicted molar refractivity (Wildman–Crippen MR) is 108 cm³/mol. The summed E-state index contributed by atoms with van der Waals surface area (Å²) in [5.41, 5.74) is 0.220. The van der Waals surface area contributed by atoms with Crippen molar-refractivity contribution >= 4 is 15.7 Å². The van der Waals surface area contributed by atoms with E-state index < -0.39 is 9.84 Å². The Kier molecular flexibility index (Phi) is 4.57. The first kappa shape index (κ1) is 18.7. The summed E-state index contributed by atoms with van der Waals surface area (Å²) >= 11 is 0. The molecule has 1 unspecified atom stereocenters. The van der Waals surface area contributed by atoms with Crippen molar-refractivity contribution in [1.82, 2.24) is 4.90 Å². The predicted octanol–water partition coefficient (Wildman–Crippen LogP) is 4.06. The number of rotatable bonds is 5. The summed E-state index contributed by atoms with van der Waals surface area (Å²) in [6, 6.07) is 8.51. The molecule has 0 N–H and O–H groups in total. The first-order valence-corrected chi connectivity index (χ1v) is 12.6. The molecule has 1 atom stereocenters. The summed E-state index contributed by atoms with van der Waals surface area (Å²) in [5, 5.41) is 0. The van der Waals surface area contributed by atoms with Crippen LogP contribution in [-0.2, 0) is 14.6 Å². The van der Waals surface area contributed by atoms with Gasteiger partial charge in [0.1, 0.15) is 0 Å². The Morgan fingerprint density at radius 2 is 1.61 bits per heavy atom. The average molecular weight is 402 g/mol. The Balaban J connectivity index is 1.29. The van der Waals surface area contributed by atoms with Gasteiger partial charge in [-0.3, -0.25) is 4.79 Å². The van der Waals surface area contributed by atoms with Crippen LogP contribution in [0.4, 0.5) is 0 Å². The number of carbonyl (C=O) groups is 1. The van der Waals surface area contributed by atoms with Crippen LogP contribution >= 0.6 is 0 Å². The van der Waals surface area contributed by atoms with Gasteiger partial charge < -0.3 is 4.90 Å². The number of sulfone groups is 1. The maximum Gasteiger partial charge on any atom is 0.223 e. The molecule has 0 aromatic heterocycles. The Morgan fingerprint density at radius 1 is 1.00 bits per heavy atom. The van der Waals surface area contributed by atoms with E-state index >= 15 is 0 Å². The lowest BCUT2D eigenvalue weighted by Crippen LogP contribution is -2.49. The van der Waals surface area contributed by atoms with Crippen molar-refractivity contribution in [2.45, 2.75) is 68.7 Å². The molecule has 5 heteroatoms. The third-order valence-corrected chi connectivity index (χ3v) is 9.72. The maximum absolute atomic E-state index is 13.3. The van der Waals surface area contributed by atoms with E-state index in [1.54, 1.807) is 24.3 Å². The zero-order valence-corrected chi connectivity index (χ0v) is 17.4. The molecule has 28 heavy (non-hydrogen) atoms. The molecular formula is C23H31NO3S.